The van der Waals surface area contributed by atoms with Gasteiger partial charge >= 0.3 is 8.80 Å². The summed E-state index contributed by atoms with van der Waals surface area (Å²) in [6, 6.07) is 0.317. The summed E-state index contributed by atoms with van der Waals surface area (Å²) < 4.78 is 6.86. The van der Waals surface area contributed by atoms with Crippen molar-refractivity contribution < 1.29 is 33.2 Å². The molecule has 7 nitrogen and oxygen atoms in total. The first-order valence-corrected chi connectivity index (χ1v) is 18.1. The zero-order chi connectivity index (χ0) is 28.6. The van der Waals surface area contributed by atoms with Crippen LogP contribution in [-0.2, 0) is 4.43 Å². The Morgan fingerprint density at radius 2 is 0.921 bits per heavy atom. The van der Waals surface area contributed by atoms with E-state index >= 15 is 0 Å². The molecule has 38 heavy (non-hydrogen) atoms. The van der Waals surface area contributed by atoms with Gasteiger partial charge < -0.3 is 33.2 Å². The second-order valence-corrected chi connectivity index (χ2v) is 14.9. The van der Waals surface area contributed by atoms with Gasteiger partial charge in [-0.2, -0.15) is 0 Å². The lowest BCUT2D eigenvalue weighted by Crippen LogP contribution is -2.51. The number of nitrogens with zero attached hydrogens (tertiary/aromatic N) is 2. The number of rotatable bonds is 29. The van der Waals surface area contributed by atoms with Crippen LogP contribution in [0.1, 0.15) is 116 Å². The van der Waals surface area contributed by atoms with Gasteiger partial charge in [-0.15, -0.1) is 0 Å². The molecule has 0 heterocycles. The fraction of sp³-hybridized carbons (Fsp3) is 1.00. The molecule has 0 aromatic carbocycles. The molecule has 0 fully saturated rings. The standard InChI is InChI=1S/C30H68N2O5Si/c1-5-6-7-8-9-10-11-12-13-14-15-16-17-18-19-20-22-31(2,3)23-21-30-38(35,36)37-29-26-32(4,24-27-33)25-28-34/h33-36H,5-30H2,1-4H3/q+2. The molecule has 0 aliphatic carbocycles. The van der Waals surface area contributed by atoms with E-state index in [1.165, 1.54) is 103 Å². The lowest BCUT2D eigenvalue weighted by molar-refractivity contribution is -0.910. The van der Waals surface area contributed by atoms with E-state index < -0.39 is 8.80 Å². The maximum Gasteiger partial charge on any atom is 0.495 e. The molecule has 0 rings (SSSR count). The maximum atomic E-state index is 10.4. The maximum absolute atomic E-state index is 10.4. The molecule has 0 radical (unpaired) electrons. The Morgan fingerprint density at radius 3 is 1.34 bits per heavy atom. The van der Waals surface area contributed by atoms with E-state index in [-0.39, 0.29) is 19.8 Å². The molecule has 8 heteroatoms. The van der Waals surface area contributed by atoms with Crippen molar-refractivity contribution in [3.8, 4) is 0 Å². The fourth-order valence-corrected chi connectivity index (χ4v) is 6.44. The highest BCUT2D eigenvalue weighted by atomic mass is 28.4. The molecule has 0 amide bonds. The van der Waals surface area contributed by atoms with Gasteiger partial charge in [0.25, 0.3) is 0 Å². The predicted octanol–water partition coefficient (Wildman–Crippen LogP) is 5.09. The topological polar surface area (TPSA) is 90.2 Å². The van der Waals surface area contributed by atoms with Crippen LogP contribution in [0.5, 0.6) is 0 Å². The number of hydrogen-bond acceptors (Lipinski definition) is 5. The Hall–Kier alpha value is -0.0631. The highest BCUT2D eigenvalue weighted by Gasteiger charge is 2.34. The van der Waals surface area contributed by atoms with E-state index in [0.717, 1.165) is 24.0 Å². The van der Waals surface area contributed by atoms with Gasteiger partial charge in [-0.1, -0.05) is 96.8 Å². The van der Waals surface area contributed by atoms with Crippen molar-refractivity contribution >= 4 is 8.80 Å². The molecule has 0 unspecified atom stereocenters. The Labute approximate surface area is 237 Å². The molecule has 0 spiro atoms. The number of hydrogen-bond donors (Lipinski definition) is 4. The van der Waals surface area contributed by atoms with E-state index in [9.17, 15) is 19.8 Å². The molecule has 0 aromatic rings. The van der Waals surface area contributed by atoms with Crippen molar-refractivity contribution in [3.63, 3.8) is 0 Å². The summed E-state index contributed by atoms with van der Waals surface area (Å²) >= 11 is 0. The molecule has 0 saturated carbocycles. The van der Waals surface area contributed by atoms with E-state index in [0.29, 0.717) is 30.2 Å². The third kappa shape index (κ3) is 23.8. The summed E-state index contributed by atoms with van der Waals surface area (Å²) in [5.74, 6) is 0. The molecule has 230 valence electrons. The van der Waals surface area contributed by atoms with Crippen LogP contribution in [0, 0.1) is 0 Å². The highest BCUT2D eigenvalue weighted by molar-refractivity contribution is 6.57. The molecule has 0 aliphatic heterocycles. The number of quaternary nitrogens is 2. The van der Waals surface area contributed by atoms with E-state index in [2.05, 4.69) is 21.0 Å². The van der Waals surface area contributed by atoms with Crippen molar-refractivity contribution in [2.24, 2.45) is 0 Å². The number of aliphatic hydroxyl groups excluding tert-OH is 2. The minimum Gasteiger partial charge on any atom is -0.391 e. The molecule has 0 saturated heterocycles. The summed E-state index contributed by atoms with van der Waals surface area (Å²) in [5.41, 5.74) is 0. The smallest absolute Gasteiger partial charge is 0.391 e. The third-order valence-electron chi connectivity index (χ3n) is 8.13. The van der Waals surface area contributed by atoms with Crippen molar-refractivity contribution in [1.82, 2.24) is 0 Å². The molecule has 0 aliphatic rings. The Balaban J connectivity index is 3.72. The number of unbranched alkanes of at least 4 members (excludes halogenated alkanes) is 15. The van der Waals surface area contributed by atoms with Gasteiger partial charge in [0.15, 0.2) is 0 Å². The number of aliphatic hydroxyl groups is 2. The Bertz CT molecular complexity index is 517. The molecule has 0 bridgehead atoms. The largest absolute Gasteiger partial charge is 0.495 e. The second-order valence-electron chi connectivity index (χ2n) is 12.6. The zero-order valence-electron chi connectivity index (χ0n) is 26.0. The third-order valence-corrected chi connectivity index (χ3v) is 9.80. The number of likely N-dealkylation sites (N-methyl/N-ethyl adjacent to an activating group) is 1. The lowest BCUT2D eigenvalue weighted by Gasteiger charge is -2.34. The monoisotopic (exact) mass is 564 g/mol. The summed E-state index contributed by atoms with van der Waals surface area (Å²) in [7, 11) is 2.73. The van der Waals surface area contributed by atoms with Crippen LogP contribution in [0.2, 0.25) is 6.04 Å². The summed E-state index contributed by atoms with van der Waals surface area (Å²) in [6.45, 7) is 6.19. The van der Waals surface area contributed by atoms with Crippen LogP contribution in [-0.4, -0.2) is 111 Å². The molecule has 0 atom stereocenters. The predicted molar refractivity (Wildman–Crippen MR) is 162 cm³/mol. The van der Waals surface area contributed by atoms with Crippen LogP contribution in [0.4, 0.5) is 0 Å². The highest BCUT2D eigenvalue weighted by Crippen LogP contribution is 2.15. The molecule has 0 aromatic heterocycles. The minimum atomic E-state index is -3.67. The van der Waals surface area contributed by atoms with Gasteiger partial charge in [0.2, 0.25) is 0 Å². The van der Waals surface area contributed by atoms with Gasteiger partial charge in [-0.05, 0) is 12.8 Å². The Morgan fingerprint density at radius 1 is 0.526 bits per heavy atom. The van der Waals surface area contributed by atoms with E-state index in [4.69, 9.17) is 4.43 Å². The van der Waals surface area contributed by atoms with Gasteiger partial charge in [-0.3, -0.25) is 0 Å². The lowest BCUT2D eigenvalue weighted by atomic mass is 10.0. The second kappa shape index (κ2) is 23.6. The Kier molecular flexibility index (Phi) is 23.6. The summed E-state index contributed by atoms with van der Waals surface area (Å²) in [4.78, 5) is 20.7. The average molecular weight is 565 g/mol. The minimum absolute atomic E-state index is 0.0315. The van der Waals surface area contributed by atoms with Crippen molar-refractivity contribution in [1.29, 1.82) is 0 Å². The van der Waals surface area contributed by atoms with Crippen LogP contribution < -0.4 is 0 Å². The zero-order valence-corrected chi connectivity index (χ0v) is 27.0. The SMILES string of the molecule is CCCCCCCCCCCCCCCCCC[N+](C)(C)CCC[Si](O)(O)OCC[N+](C)(CCO)CCO. The van der Waals surface area contributed by atoms with Crippen molar-refractivity contribution in [2.75, 3.05) is 73.7 Å². The molecular formula is C30H68N2O5Si+2. The average Bonchev–Trinajstić information content (AvgIpc) is 2.83. The fourth-order valence-electron chi connectivity index (χ4n) is 5.26. The first kappa shape index (κ1) is 37.9. The first-order chi connectivity index (χ1) is 18.1. The van der Waals surface area contributed by atoms with Crippen molar-refractivity contribution in [2.45, 2.75) is 122 Å². The molecular weight excluding hydrogens is 496 g/mol. The van der Waals surface area contributed by atoms with Gasteiger partial charge in [0.05, 0.1) is 54.1 Å². The van der Waals surface area contributed by atoms with Crippen LogP contribution in [0.25, 0.3) is 0 Å². The first-order valence-electron chi connectivity index (χ1n) is 16.1. The van der Waals surface area contributed by atoms with Crippen LogP contribution >= 0.6 is 0 Å². The van der Waals surface area contributed by atoms with Gasteiger partial charge in [0.1, 0.15) is 19.6 Å². The van der Waals surface area contributed by atoms with Gasteiger partial charge in [-0.25, -0.2) is 0 Å². The quantitative estimate of drug-likeness (QED) is 0.0578. The molecule has 4 N–H and O–H groups in total. The van der Waals surface area contributed by atoms with Crippen LogP contribution in [0.15, 0.2) is 0 Å². The van der Waals surface area contributed by atoms with Crippen molar-refractivity contribution in [3.05, 3.63) is 0 Å². The summed E-state index contributed by atoms with van der Waals surface area (Å²) in [5, 5.41) is 18.5. The van der Waals surface area contributed by atoms with Gasteiger partial charge in [0, 0.05) is 12.5 Å². The van der Waals surface area contributed by atoms with E-state index in [1.807, 2.05) is 7.05 Å². The normalized spacial score (nSPS) is 12.9. The van der Waals surface area contributed by atoms with E-state index in [1.54, 1.807) is 0 Å². The van der Waals surface area contributed by atoms with Crippen LogP contribution in [0.3, 0.4) is 0 Å². The summed E-state index contributed by atoms with van der Waals surface area (Å²) in [6.07, 6.45) is 22.9.